The van der Waals surface area contributed by atoms with Crippen LogP contribution in [0.4, 0.5) is 4.39 Å². The third kappa shape index (κ3) is 2.84. The molecule has 0 atom stereocenters. The van der Waals surface area contributed by atoms with E-state index >= 15 is 0 Å². The van der Waals surface area contributed by atoms with Gasteiger partial charge >= 0.3 is 5.97 Å². The van der Waals surface area contributed by atoms with Crippen molar-refractivity contribution in [3.63, 3.8) is 0 Å². The molecule has 5 rings (SSSR count). The van der Waals surface area contributed by atoms with Gasteiger partial charge in [0.1, 0.15) is 16.9 Å². The number of aromatic nitrogens is 2. The Morgan fingerprint density at radius 2 is 2.10 bits per heavy atom. The van der Waals surface area contributed by atoms with Crippen LogP contribution in [-0.4, -0.2) is 31.5 Å². The second kappa shape index (κ2) is 6.48. The molecule has 29 heavy (non-hydrogen) atoms. The normalized spacial score (nSPS) is 17.6. The Morgan fingerprint density at radius 1 is 1.31 bits per heavy atom. The quantitative estimate of drug-likeness (QED) is 0.502. The molecule has 0 unspecified atom stereocenters. The van der Waals surface area contributed by atoms with E-state index in [1.54, 1.807) is 10.6 Å². The van der Waals surface area contributed by atoms with Gasteiger partial charge < -0.3 is 14.9 Å². The topological polar surface area (TPSA) is 105 Å². The van der Waals surface area contributed by atoms with Crippen LogP contribution in [0.3, 0.4) is 0 Å². The minimum absolute atomic E-state index is 0.0306. The number of fused-ring (bicyclic) bond motifs is 2. The molecule has 0 aromatic carbocycles. The number of carbonyl (C=O) groups is 1. The maximum Gasteiger partial charge on any atom is 0.341 e. The molecule has 1 fully saturated rings. The van der Waals surface area contributed by atoms with E-state index in [1.807, 2.05) is 0 Å². The minimum Gasteiger partial charge on any atom is -0.477 e. The Morgan fingerprint density at radius 3 is 2.79 bits per heavy atom. The molecule has 3 aromatic heterocycles. The maximum absolute atomic E-state index is 15.0. The molecular weight excluding hydrogens is 397 g/mol. The summed E-state index contributed by atoms with van der Waals surface area (Å²) in [4.78, 5) is 30.1. The zero-order valence-corrected chi connectivity index (χ0v) is 16.0. The third-order valence-electron chi connectivity index (χ3n) is 5.42. The Bertz CT molecular complexity index is 1270. The van der Waals surface area contributed by atoms with Gasteiger partial charge in [0.25, 0.3) is 0 Å². The third-order valence-corrected chi connectivity index (χ3v) is 6.62. The van der Waals surface area contributed by atoms with E-state index < -0.39 is 17.2 Å². The van der Waals surface area contributed by atoms with E-state index in [9.17, 15) is 24.3 Å². The zero-order valence-electron chi connectivity index (χ0n) is 15.2. The molecular formula is C20H16FN3O4S. The molecule has 2 aliphatic carbocycles. The lowest BCUT2D eigenvalue weighted by Crippen LogP contribution is -2.19. The average Bonchev–Trinajstić information content (AvgIpc) is 3.45. The van der Waals surface area contributed by atoms with Crippen LogP contribution in [0.25, 0.3) is 21.6 Å². The molecule has 0 bridgehead atoms. The van der Waals surface area contributed by atoms with Gasteiger partial charge in [-0.3, -0.25) is 4.79 Å². The minimum atomic E-state index is -1.34. The fourth-order valence-corrected chi connectivity index (χ4v) is 5.05. The van der Waals surface area contributed by atoms with E-state index in [0.29, 0.717) is 22.7 Å². The van der Waals surface area contributed by atoms with Gasteiger partial charge in [0, 0.05) is 22.7 Å². The van der Waals surface area contributed by atoms with Crippen molar-refractivity contribution in [1.29, 1.82) is 0 Å². The number of carboxylic acids is 1. The Hall–Kier alpha value is -3.07. The number of rotatable bonds is 3. The van der Waals surface area contributed by atoms with Crippen LogP contribution in [0, 0.1) is 5.82 Å². The predicted molar refractivity (Wildman–Crippen MR) is 106 cm³/mol. The van der Waals surface area contributed by atoms with Gasteiger partial charge in [0.2, 0.25) is 5.43 Å². The molecule has 0 aliphatic heterocycles. The summed E-state index contributed by atoms with van der Waals surface area (Å²) >= 11 is 1.40. The number of thiophene rings is 1. The fourth-order valence-electron chi connectivity index (χ4n) is 3.83. The summed E-state index contributed by atoms with van der Waals surface area (Å²) in [5, 5.41) is 21.9. The van der Waals surface area contributed by atoms with E-state index in [1.165, 1.54) is 17.5 Å². The Labute approximate surface area is 167 Å². The highest BCUT2D eigenvalue weighted by molar-refractivity contribution is 7.15. The highest BCUT2D eigenvalue weighted by Crippen LogP contribution is 2.39. The predicted octanol–water partition coefficient (Wildman–Crippen LogP) is 3.81. The number of aryl methyl sites for hydroxylation is 1. The molecule has 0 radical (unpaired) electrons. The summed E-state index contributed by atoms with van der Waals surface area (Å²) in [6.45, 7) is 0. The monoisotopic (exact) mass is 413 g/mol. The van der Waals surface area contributed by atoms with Crippen LogP contribution in [0.1, 0.15) is 52.5 Å². The number of nitrogens with zero attached hydrogens (tertiary/aromatic N) is 3. The number of oxime groups is 1. The van der Waals surface area contributed by atoms with Crippen molar-refractivity contribution in [3.05, 3.63) is 50.4 Å². The van der Waals surface area contributed by atoms with Crippen molar-refractivity contribution in [2.45, 2.75) is 38.1 Å². The van der Waals surface area contributed by atoms with Crippen LogP contribution in [-0.2, 0) is 6.42 Å². The number of halogens is 1. The first kappa shape index (κ1) is 18.0. The fraction of sp³-hybridized carbons (Fsp3) is 0.300. The van der Waals surface area contributed by atoms with Crippen LogP contribution in [0.15, 0.2) is 28.3 Å². The van der Waals surface area contributed by atoms with Crippen molar-refractivity contribution in [3.8, 4) is 10.6 Å². The van der Waals surface area contributed by atoms with Gasteiger partial charge in [0.05, 0.1) is 16.0 Å². The SMILES string of the molecule is O=C(O)c1cn(C2CC2)c2nc(-c3cc4c(s3)CCCC4=NO)c(F)cc2c1=O. The number of carboxylic acid groups (broad SMARTS) is 1. The molecule has 2 N–H and O–H groups in total. The van der Waals surface area contributed by atoms with E-state index in [2.05, 4.69) is 10.1 Å². The standard InChI is InChI=1S/C20H16FN3O4S/c21-13-6-11-18(25)12(20(26)27)8-24(9-4-5-9)19(11)22-17(13)16-7-10-14(23-28)2-1-3-15(10)29-16/h6-9,28H,1-5H2,(H,26,27). The van der Waals surface area contributed by atoms with Crippen molar-refractivity contribution in [1.82, 2.24) is 9.55 Å². The molecule has 1 saturated carbocycles. The zero-order chi connectivity index (χ0) is 20.3. The van der Waals surface area contributed by atoms with Gasteiger partial charge in [-0.05, 0) is 44.2 Å². The van der Waals surface area contributed by atoms with Gasteiger partial charge in [-0.15, -0.1) is 11.3 Å². The lowest BCUT2D eigenvalue weighted by atomic mass is 9.97. The van der Waals surface area contributed by atoms with Crippen LogP contribution in [0.5, 0.6) is 0 Å². The second-order valence-corrected chi connectivity index (χ2v) is 8.49. The Kier molecular flexibility index (Phi) is 4.02. The molecule has 148 valence electrons. The lowest BCUT2D eigenvalue weighted by molar-refractivity contribution is 0.0695. The molecule has 3 aromatic rings. The smallest absolute Gasteiger partial charge is 0.341 e. The number of hydrogen-bond donors (Lipinski definition) is 2. The van der Waals surface area contributed by atoms with Crippen LogP contribution >= 0.6 is 11.3 Å². The van der Waals surface area contributed by atoms with Crippen molar-refractivity contribution < 1.29 is 19.5 Å². The molecule has 0 spiro atoms. The first-order valence-corrected chi connectivity index (χ1v) is 10.1. The summed E-state index contributed by atoms with van der Waals surface area (Å²) < 4.78 is 16.7. The first-order valence-electron chi connectivity index (χ1n) is 9.31. The summed E-state index contributed by atoms with van der Waals surface area (Å²) in [5.41, 5.74) is 0.681. The summed E-state index contributed by atoms with van der Waals surface area (Å²) in [6.07, 6.45) is 5.37. The lowest BCUT2D eigenvalue weighted by Gasteiger charge is -2.12. The van der Waals surface area contributed by atoms with E-state index in [4.69, 9.17) is 0 Å². The molecule has 7 nitrogen and oxygen atoms in total. The van der Waals surface area contributed by atoms with Gasteiger partial charge in [0.15, 0.2) is 5.82 Å². The van der Waals surface area contributed by atoms with E-state index in [-0.39, 0.29) is 22.7 Å². The maximum atomic E-state index is 15.0. The summed E-state index contributed by atoms with van der Waals surface area (Å²) in [6, 6.07) is 2.92. The van der Waals surface area contributed by atoms with Gasteiger partial charge in [-0.2, -0.15) is 0 Å². The van der Waals surface area contributed by atoms with Crippen LogP contribution < -0.4 is 5.43 Å². The largest absolute Gasteiger partial charge is 0.477 e. The van der Waals surface area contributed by atoms with Gasteiger partial charge in [-0.1, -0.05) is 5.16 Å². The number of pyridine rings is 2. The average molecular weight is 413 g/mol. The summed E-state index contributed by atoms with van der Waals surface area (Å²) in [7, 11) is 0. The molecule has 2 aliphatic rings. The second-order valence-electron chi connectivity index (χ2n) is 7.35. The highest BCUT2D eigenvalue weighted by Gasteiger charge is 2.29. The molecule has 0 amide bonds. The van der Waals surface area contributed by atoms with Crippen molar-refractivity contribution in [2.24, 2.45) is 5.16 Å². The number of aromatic carboxylic acids is 1. The molecule has 0 saturated heterocycles. The first-order chi connectivity index (χ1) is 14.0. The van der Waals surface area contributed by atoms with E-state index in [0.717, 1.165) is 42.2 Å². The van der Waals surface area contributed by atoms with Crippen molar-refractivity contribution in [2.75, 3.05) is 0 Å². The number of hydrogen-bond acceptors (Lipinski definition) is 6. The van der Waals surface area contributed by atoms with Crippen molar-refractivity contribution >= 4 is 34.1 Å². The van der Waals surface area contributed by atoms with Gasteiger partial charge in [-0.25, -0.2) is 14.2 Å². The highest BCUT2D eigenvalue weighted by atomic mass is 32.1. The van der Waals surface area contributed by atoms with Crippen LogP contribution in [0.2, 0.25) is 0 Å². The summed E-state index contributed by atoms with van der Waals surface area (Å²) in [5.74, 6) is -2.02. The molecule has 9 heteroatoms. The molecule has 3 heterocycles. The Balaban J connectivity index is 1.75.